The molecule has 2 aromatic rings. The third kappa shape index (κ3) is 5.31. The highest BCUT2D eigenvalue weighted by molar-refractivity contribution is 7.84. The van der Waals surface area contributed by atoms with Gasteiger partial charge in [0.2, 0.25) is 0 Å². The van der Waals surface area contributed by atoms with Crippen LogP contribution in [0, 0.1) is 0 Å². The molecule has 2 nitrogen and oxygen atoms in total. The Balaban J connectivity index is 2.66. The van der Waals surface area contributed by atoms with Crippen LogP contribution < -0.4 is 5.14 Å². The maximum Gasteiger partial charge on any atom is 0.0984 e. The number of hydrogen-bond acceptors (Lipinski definition) is 1. The Morgan fingerprint density at radius 1 is 1.19 bits per heavy atom. The molecule has 0 fully saturated rings. The number of allylic oxidation sites excluding steroid dienone is 2. The standard InChI is InChI=1S/C21H23Cl2NOS/c1-4-6-19(16-7-5-8-18(23)13-16)20(14-21(2,3)26(24)25)15-9-11-17(22)12-10-15/h4-5,7-14,19H,1,6,24H2,2-3H3/t19-,26?/m0/s1. The summed E-state index contributed by atoms with van der Waals surface area (Å²) in [6.07, 6.45) is 4.57. The lowest BCUT2D eigenvalue weighted by atomic mass is 9.83. The number of halogens is 2. The maximum atomic E-state index is 12.0. The van der Waals surface area contributed by atoms with Gasteiger partial charge in [0.15, 0.2) is 0 Å². The van der Waals surface area contributed by atoms with Crippen LogP contribution in [-0.2, 0) is 11.0 Å². The van der Waals surface area contributed by atoms with Gasteiger partial charge >= 0.3 is 0 Å². The Kier molecular flexibility index (Phi) is 7.24. The molecule has 0 aliphatic carbocycles. The van der Waals surface area contributed by atoms with Crippen LogP contribution >= 0.6 is 23.2 Å². The van der Waals surface area contributed by atoms with Crippen molar-refractivity contribution < 1.29 is 4.21 Å². The molecule has 26 heavy (non-hydrogen) atoms. The first-order valence-corrected chi connectivity index (χ1v) is 10.2. The summed E-state index contributed by atoms with van der Waals surface area (Å²) < 4.78 is 11.4. The molecule has 2 N–H and O–H groups in total. The van der Waals surface area contributed by atoms with Crippen LogP contribution in [0.4, 0.5) is 0 Å². The molecule has 0 heterocycles. The molecule has 2 atom stereocenters. The van der Waals surface area contributed by atoms with Gasteiger partial charge in [-0.1, -0.05) is 59.6 Å². The third-order valence-electron chi connectivity index (χ3n) is 4.23. The van der Waals surface area contributed by atoms with Crippen molar-refractivity contribution in [3.05, 3.63) is 88.4 Å². The van der Waals surface area contributed by atoms with E-state index in [0.29, 0.717) is 16.5 Å². The molecular formula is C21H23Cl2NOS. The van der Waals surface area contributed by atoms with Crippen molar-refractivity contribution in [2.75, 3.05) is 0 Å². The van der Waals surface area contributed by atoms with Gasteiger partial charge in [-0.3, -0.25) is 5.14 Å². The van der Waals surface area contributed by atoms with Gasteiger partial charge in [-0.15, -0.1) is 6.58 Å². The molecule has 2 rings (SSSR count). The van der Waals surface area contributed by atoms with Crippen molar-refractivity contribution in [2.24, 2.45) is 5.14 Å². The molecule has 0 aromatic heterocycles. The summed E-state index contributed by atoms with van der Waals surface area (Å²) in [5.41, 5.74) is 3.09. The monoisotopic (exact) mass is 407 g/mol. The molecule has 5 heteroatoms. The summed E-state index contributed by atoms with van der Waals surface area (Å²) in [5, 5.41) is 7.06. The van der Waals surface area contributed by atoms with E-state index in [-0.39, 0.29) is 5.92 Å². The maximum absolute atomic E-state index is 12.0. The van der Waals surface area contributed by atoms with E-state index >= 15 is 0 Å². The zero-order valence-corrected chi connectivity index (χ0v) is 17.2. The molecule has 138 valence electrons. The predicted octanol–water partition coefficient (Wildman–Crippen LogP) is 6.14. The van der Waals surface area contributed by atoms with Crippen molar-refractivity contribution in [3.63, 3.8) is 0 Å². The molecule has 2 aromatic carbocycles. The second-order valence-electron chi connectivity index (χ2n) is 6.64. The molecule has 1 unspecified atom stereocenters. The summed E-state index contributed by atoms with van der Waals surface area (Å²) in [6.45, 7) is 7.63. The number of nitrogens with two attached hydrogens (primary N) is 1. The molecule has 0 saturated carbocycles. The zero-order valence-electron chi connectivity index (χ0n) is 14.9. The summed E-state index contributed by atoms with van der Waals surface area (Å²) in [6, 6.07) is 15.4. The average molecular weight is 408 g/mol. The van der Waals surface area contributed by atoms with E-state index in [2.05, 4.69) is 6.58 Å². The van der Waals surface area contributed by atoms with Crippen LogP contribution in [0.1, 0.15) is 37.3 Å². The summed E-state index contributed by atoms with van der Waals surface area (Å²) in [4.78, 5) is 0. The van der Waals surface area contributed by atoms with Gasteiger partial charge in [0.1, 0.15) is 0 Å². The summed E-state index contributed by atoms with van der Waals surface area (Å²) >= 11 is 12.3. The average Bonchev–Trinajstić information content (AvgIpc) is 2.58. The Hall–Kier alpha value is -1.39. The van der Waals surface area contributed by atoms with Crippen LogP contribution in [0.15, 0.2) is 67.3 Å². The minimum Gasteiger partial charge on any atom is -0.251 e. The van der Waals surface area contributed by atoms with Crippen molar-refractivity contribution >= 4 is 39.8 Å². The van der Waals surface area contributed by atoms with Gasteiger partial charge in [0.05, 0.1) is 15.7 Å². The molecule has 0 aliphatic rings. The van der Waals surface area contributed by atoms with E-state index in [0.717, 1.165) is 16.7 Å². The first kappa shape index (κ1) is 20.9. The van der Waals surface area contributed by atoms with Crippen LogP contribution in [0.5, 0.6) is 0 Å². The Bertz CT molecular complexity index is 828. The first-order chi connectivity index (χ1) is 12.2. The van der Waals surface area contributed by atoms with Gasteiger partial charge in [0, 0.05) is 16.0 Å². The second kappa shape index (κ2) is 9.01. The highest BCUT2D eigenvalue weighted by atomic mass is 35.5. The summed E-state index contributed by atoms with van der Waals surface area (Å²) in [5.74, 6) is 0.00944. The molecule has 0 spiro atoms. The summed E-state index contributed by atoms with van der Waals surface area (Å²) in [7, 11) is -1.51. The van der Waals surface area contributed by atoms with Crippen LogP contribution in [-0.4, -0.2) is 8.96 Å². The number of benzene rings is 2. The Labute approximate surface area is 168 Å². The molecular weight excluding hydrogens is 385 g/mol. The number of rotatable bonds is 7. The second-order valence-corrected chi connectivity index (χ2v) is 9.16. The normalized spacial score (nSPS) is 14.7. The fourth-order valence-corrected chi connectivity index (χ4v) is 3.36. The lowest BCUT2D eigenvalue weighted by molar-refractivity contribution is 0.664. The van der Waals surface area contributed by atoms with Crippen LogP contribution in [0.25, 0.3) is 5.57 Å². The minimum atomic E-state index is -1.51. The van der Waals surface area contributed by atoms with Gasteiger partial charge in [-0.05, 0) is 61.2 Å². The predicted molar refractivity (Wildman–Crippen MR) is 115 cm³/mol. The molecule has 0 aliphatic heterocycles. The van der Waals surface area contributed by atoms with Crippen molar-refractivity contribution in [1.82, 2.24) is 0 Å². The van der Waals surface area contributed by atoms with E-state index in [9.17, 15) is 4.21 Å². The smallest absolute Gasteiger partial charge is 0.0984 e. The molecule has 0 saturated heterocycles. The Morgan fingerprint density at radius 2 is 1.85 bits per heavy atom. The van der Waals surface area contributed by atoms with Gasteiger partial charge in [-0.2, -0.15) is 0 Å². The lowest BCUT2D eigenvalue weighted by Crippen LogP contribution is -2.30. The van der Waals surface area contributed by atoms with E-state index in [1.54, 1.807) is 0 Å². The van der Waals surface area contributed by atoms with Crippen molar-refractivity contribution in [1.29, 1.82) is 0 Å². The largest absolute Gasteiger partial charge is 0.251 e. The van der Waals surface area contributed by atoms with Gasteiger partial charge < -0.3 is 0 Å². The Morgan fingerprint density at radius 3 is 2.38 bits per heavy atom. The van der Waals surface area contributed by atoms with Crippen molar-refractivity contribution in [3.8, 4) is 0 Å². The minimum absolute atomic E-state index is 0.00944. The fourth-order valence-electron chi connectivity index (χ4n) is 2.79. The third-order valence-corrected chi connectivity index (χ3v) is 5.87. The van der Waals surface area contributed by atoms with E-state index in [1.807, 2.05) is 74.5 Å². The van der Waals surface area contributed by atoms with E-state index in [4.69, 9.17) is 28.3 Å². The quantitative estimate of drug-likeness (QED) is 0.550. The highest BCUT2D eigenvalue weighted by Crippen LogP contribution is 2.38. The fraction of sp³-hybridized carbons (Fsp3) is 0.238. The molecule has 0 radical (unpaired) electrons. The van der Waals surface area contributed by atoms with E-state index < -0.39 is 15.7 Å². The van der Waals surface area contributed by atoms with Crippen molar-refractivity contribution in [2.45, 2.75) is 30.9 Å². The lowest BCUT2D eigenvalue weighted by Gasteiger charge is -2.25. The highest BCUT2D eigenvalue weighted by Gasteiger charge is 2.26. The molecule has 0 bridgehead atoms. The first-order valence-electron chi connectivity index (χ1n) is 8.26. The topological polar surface area (TPSA) is 43.1 Å². The van der Waals surface area contributed by atoms with Crippen LogP contribution in [0.3, 0.4) is 0 Å². The van der Waals surface area contributed by atoms with Crippen LogP contribution in [0.2, 0.25) is 10.0 Å². The zero-order chi connectivity index (χ0) is 19.3. The molecule has 0 amide bonds. The SMILES string of the molecule is C=CC[C@H](C(=CC(C)(C)S(N)=O)c1ccc(Cl)cc1)c1cccc(Cl)c1. The van der Waals surface area contributed by atoms with Gasteiger partial charge in [-0.25, -0.2) is 4.21 Å². The van der Waals surface area contributed by atoms with E-state index in [1.165, 1.54) is 0 Å². The number of hydrogen-bond donors (Lipinski definition) is 1. The van der Waals surface area contributed by atoms with Gasteiger partial charge in [0.25, 0.3) is 0 Å².